The van der Waals surface area contributed by atoms with Crippen molar-refractivity contribution in [2.75, 3.05) is 7.11 Å². The number of phenols is 1. The van der Waals surface area contributed by atoms with Crippen molar-refractivity contribution in [3.63, 3.8) is 0 Å². The highest BCUT2D eigenvalue weighted by molar-refractivity contribution is 5.59. The van der Waals surface area contributed by atoms with E-state index in [1.54, 1.807) is 12.1 Å². The molecular weight excluding hydrogens is 208 g/mol. The van der Waals surface area contributed by atoms with Crippen molar-refractivity contribution in [3.8, 4) is 23.0 Å². The van der Waals surface area contributed by atoms with E-state index in [-0.39, 0.29) is 5.75 Å². The lowest BCUT2D eigenvalue weighted by Crippen LogP contribution is -1.85. The van der Waals surface area contributed by atoms with Crippen molar-refractivity contribution in [1.82, 2.24) is 10.1 Å². The first-order valence-corrected chi connectivity index (χ1v) is 4.94. The zero-order valence-corrected chi connectivity index (χ0v) is 9.10. The van der Waals surface area contributed by atoms with Gasteiger partial charge in [0.15, 0.2) is 17.3 Å². The minimum atomic E-state index is 0.0521. The molecule has 1 heterocycles. The fourth-order valence-electron chi connectivity index (χ4n) is 1.34. The van der Waals surface area contributed by atoms with Crippen molar-refractivity contribution in [1.29, 1.82) is 0 Å². The van der Waals surface area contributed by atoms with Gasteiger partial charge in [-0.25, -0.2) is 0 Å². The standard InChI is InChI=1S/C11H12N2O3/c1-3-10-12-11(16-13-10)7-4-5-9(15-2)8(14)6-7/h4-6,14H,3H2,1-2H3. The fraction of sp³-hybridized carbons (Fsp3) is 0.273. The van der Waals surface area contributed by atoms with E-state index in [1.165, 1.54) is 13.2 Å². The minimum absolute atomic E-state index is 0.0521. The van der Waals surface area contributed by atoms with Gasteiger partial charge in [0.05, 0.1) is 7.11 Å². The Labute approximate surface area is 92.7 Å². The van der Waals surface area contributed by atoms with E-state index in [9.17, 15) is 5.11 Å². The van der Waals surface area contributed by atoms with Gasteiger partial charge in [0.25, 0.3) is 5.89 Å². The average molecular weight is 220 g/mol. The predicted octanol–water partition coefficient (Wildman–Crippen LogP) is 2.01. The molecule has 0 fully saturated rings. The molecular formula is C11H12N2O3. The van der Waals surface area contributed by atoms with Crippen molar-refractivity contribution in [2.24, 2.45) is 0 Å². The van der Waals surface area contributed by atoms with Crippen LogP contribution in [0.2, 0.25) is 0 Å². The number of aromatic nitrogens is 2. The highest BCUT2D eigenvalue weighted by Crippen LogP contribution is 2.30. The van der Waals surface area contributed by atoms with E-state index >= 15 is 0 Å². The Bertz CT molecular complexity index is 494. The summed E-state index contributed by atoms with van der Waals surface area (Å²) in [6.45, 7) is 1.94. The van der Waals surface area contributed by atoms with Gasteiger partial charge in [0, 0.05) is 12.0 Å². The minimum Gasteiger partial charge on any atom is -0.504 e. The molecule has 16 heavy (non-hydrogen) atoms. The van der Waals surface area contributed by atoms with E-state index in [4.69, 9.17) is 9.26 Å². The van der Waals surface area contributed by atoms with Crippen LogP contribution in [-0.4, -0.2) is 22.4 Å². The molecule has 0 saturated heterocycles. The van der Waals surface area contributed by atoms with Gasteiger partial charge < -0.3 is 14.4 Å². The number of aromatic hydroxyl groups is 1. The maximum Gasteiger partial charge on any atom is 0.258 e. The van der Waals surface area contributed by atoms with Gasteiger partial charge in [0.1, 0.15) is 0 Å². The maximum absolute atomic E-state index is 9.60. The topological polar surface area (TPSA) is 68.4 Å². The lowest BCUT2D eigenvalue weighted by molar-refractivity contribution is 0.373. The summed E-state index contributed by atoms with van der Waals surface area (Å²) in [5.41, 5.74) is 0.672. The van der Waals surface area contributed by atoms with Crippen LogP contribution in [0.4, 0.5) is 0 Å². The Hall–Kier alpha value is -2.04. The van der Waals surface area contributed by atoms with Crippen molar-refractivity contribution in [3.05, 3.63) is 24.0 Å². The summed E-state index contributed by atoms with van der Waals surface area (Å²) in [4.78, 5) is 4.17. The van der Waals surface area contributed by atoms with Crippen LogP contribution in [0.3, 0.4) is 0 Å². The number of benzene rings is 1. The van der Waals surface area contributed by atoms with Gasteiger partial charge in [-0.05, 0) is 18.2 Å². The summed E-state index contributed by atoms with van der Waals surface area (Å²) in [5.74, 6) is 1.51. The quantitative estimate of drug-likeness (QED) is 0.856. The second kappa shape index (κ2) is 4.22. The Morgan fingerprint density at radius 1 is 1.44 bits per heavy atom. The molecule has 0 aliphatic heterocycles. The normalized spacial score (nSPS) is 10.4. The predicted molar refractivity (Wildman–Crippen MR) is 57.3 cm³/mol. The summed E-state index contributed by atoms with van der Waals surface area (Å²) < 4.78 is 10.0. The molecule has 5 nitrogen and oxygen atoms in total. The summed E-state index contributed by atoms with van der Waals surface area (Å²) in [7, 11) is 1.50. The Morgan fingerprint density at radius 3 is 2.81 bits per heavy atom. The first-order chi connectivity index (χ1) is 7.74. The van der Waals surface area contributed by atoms with Gasteiger partial charge in [-0.2, -0.15) is 4.98 Å². The molecule has 1 aromatic carbocycles. The molecule has 0 saturated carbocycles. The van der Waals surface area contributed by atoms with E-state index in [0.29, 0.717) is 29.4 Å². The summed E-state index contributed by atoms with van der Waals surface area (Å²) in [5, 5.41) is 13.4. The fourth-order valence-corrected chi connectivity index (χ4v) is 1.34. The summed E-state index contributed by atoms with van der Waals surface area (Å²) in [6, 6.07) is 4.94. The smallest absolute Gasteiger partial charge is 0.258 e. The molecule has 5 heteroatoms. The molecule has 0 aliphatic rings. The molecule has 2 rings (SSSR count). The van der Waals surface area contributed by atoms with Gasteiger partial charge in [-0.3, -0.25) is 0 Å². The van der Waals surface area contributed by atoms with Crippen LogP contribution >= 0.6 is 0 Å². The molecule has 84 valence electrons. The third-order valence-corrected chi connectivity index (χ3v) is 2.21. The Balaban J connectivity index is 2.37. The first kappa shape index (κ1) is 10.5. The van der Waals surface area contributed by atoms with Crippen molar-refractivity contribution < 1.29 is 14.4 Å². The lowest BCUT2D eigenvalue weighted by Gasteiger charge is -2.02. The van der Waals surface area contributed by atoms with Crippen LogP contribution in [0, 0.1) is 0 Å². The van der Waals surface area contributed by atoms with E-state index in [2.05, 4.69) is 10.1 Å². The Kier molecular flexibility index (Phi) is 2.76. The number of ether oxygens (including phenoxy) is 1. The number of rotatable bonds is 3. The van der Waals surface area contributed by atoms with E-state index < -0.39 is 0 Å². The molecule has 0 radical (unpaired) electrons. The first-order valence-electron chi connectivity index (χ1n) is 4.94. The van der Waals surface area contributed by atoms with Gasteiger partial charge in [-0.15, -0.1) is 0 Å². The molecule has 2 aromatic rings. The number of nitrogens with zero attached hydrogens (tertiary/aromatic N) is 2. The third kappa shape index (κ3) is 1.84. The second-order valence-corrected chi connectivity index (χ2v) is 3.26. The van der Waals surface area contributed by atoms with Gasteiger partial charge in [-0.1, -0.05) is 12.1 Å². The summed E-state index contributed by atoms with van der Waals surface area (Å²) >= 11 is 0. The molecule has 0 bridgehead atoms. The molecule has 0 aliphatic carbocycles. The maximum atomic E-state index is 9.60. The molecule has 1 N–H and O–H groups in total. The monoisotopic (exact) mass is 220 g/mol. The molecule has 0 spiro atoms. The molecule has 0 unspecified atom stereocenters. The third-order valence-electron chi connectivity index (χ3n) is 2.21. The van der Waals surface area contributed by atoms with Crippen LogP contribution < -0.4 is 4.74 Å². The van der Waals surface area contributed by atoms with Crippen molar-refractivity contribution in [2.45, 2.75) is 13.3 Å². The van der Waals surface area contributed by atoms with Crippen LogP contribution in [0.5, 0.6) is 11.5 Å². The van der Waals surface area contributed by atoms with Gasteiger partial charge >= 0.3 is 0 Å². The second-order valence-electron chi connectivity index (χ2n) is 3.26. The largest absolute Gasteiger partial charge is 0.504 e. The lowest BCUT2D eigenvalue weighted by atomic mass is 10.2. The van der Waals surface area contributed by atoms with Crippen LogP contribution in [0.1, 0.15) is 12.7 Å². The van der Waals surface area contributed by atoms with Crippen LogP contribution in [-0.2, 0) is 6.42 Å². The highest BCUT2D eigenvalue weighted by Gasteiger charge is 2.10. The summed E-state index contributed by atoms with van der Waals surface area (Å²) in [6.07, 6.45) is 0.714. The van der Waals surface area contributed by atoms with Crippen LogP contribution in [0.25, 0.3) is 11.5 Å². The zero-order valence-electron chi connectivity index (χ0n) is 9.10. The number of hydrogen-bond acceptors (Lipinski definition) is 5. The average Bonchev–Trinajstić information content (AvgIpc) is 2.77. The highest BCUT2D eigenvalue weighted by atomic mass is 16.5. The zero-order chi connectivity index (χ0) is 11.5. The number of aryl methyl sites for hydroxylation is 1. The Morgan fingerprint density at radius 2 is 2.25 bits per heavy atom. The molecule has 1 aromatic heterocycles. The van der Waals surface area contributed by atoms with E-state index in [1.807, 2.05) is 6.92 Å². The number of hydrogen-bond donors (Lipinski definition) is 1. The van der Waals surface area contributed by atoms with Crippen LogP contribution in [0.15, 0.2) is 22.7 Å². The molecule has 0 atom stereocenters. The van der Waals surface area contributed by atoms with E-state index in [0.717, 1.165) is 0 Å². The SMILES string of the molecule is CCc1noc(-c2ccc(OC)c(O)c2)n1. The van der Waals surface area contributed by atoms with Crippen molar-refractivity contribution >= 4 is 0 Å². The number of methoxy groups -OCH3 is 1. The van der Waals surface area contributed by atoms with Gasteiger partial charge in [0.2, 0.25) is 0 Å². The molecule has 0 amide bonds. The number of phenolic OH excluding ortho intramolecular Hbond substituents is 1.